The van der Waals surface area contributed by atoms with Crippen LogP contribution in [0.25, 0.3) is 0 Å². The molecule has 0 saturated heterocycles. The van der Waals surface area contributed by atoms with Gasteiger partial charge < -0.3 is 19.5 Å². The number of benzene rings is 3. The average molecular weight is 499 g/mol. The zero-order chi connectivity index (χ0) is 25.4. The Hall–Kier alpha value is -4.38. The van der Waals surface area contributed by atoms with Crippen molar-refractivity contribution in [3.63, 3.8) is 0 Å². The summed E-state index contributed by atoms with van der Waals surface area (Å²) in [5, 5.41) is 2.48. The fraction of sp³-hybridized carbons (Fsp3) is 0.125. The van der Waals surface area contributed by atoms with Crippen molar-refractivity contribution < 1.29 is 37.0 Å². The standard InChI is InChI=1S/C24H22N2O8S/c1-32-16-11-13-17(14-12-16)35(30,31)26-21-10-6-4-8-19(21)24(29)34-15-22(27)25-20-9-5-3-7-18(20)23(28)33-2/h3-14,26H,15H2,1-2H3,(H,25,27). The lowest BCUT2D eigenvalue weighted by molar-refractivity contribution is -0.119. The largest absolute Gasteiger partial charge is 0.497 e. The SMILES string of the molecule is COC(=O)c1ccccc1NC(=O)COC(=O)c1ccccc1NS(=O)(=O)c1ccc(OC)cc1. The molecule has 11 heteroatoms. The fourth-order valence-electron chi connectivity index (χ4n) is 2.98. The van der Waals surface area contributed by atoms with E-state index in [1.54, 1.807) is 18.2 Å². The minimum Gasteiger partial charge on any atom is -0.497 e. The molecule has 0 bridgehead atoms. The third-order valence-electron chi connectivity index (χ3n) is 4.70. The van der Waals surface area contributed by atoms with E-state index in [0.717, 1.165) is 0 Å². The van der Waals surface area contributed by atoms with E-state index in [1.165, 1.54) is 68.8 Å². The summed E-state index contributed by atoms with van der Waals surface area (Å²) in [4.78, 5) is 36.7. The number of methoxy groups -OCH3 is 2. The Kier molecular flexibility index (Phi) is 8.05. The zero-order valence-electron chi connectivity index (χ0n) is 18.8. The number of sulfonamides is 1. The molecule has 0 unspecified atom stereocenters. The molecule has 0 spiro atoms. The molecule has 0 atom stereocenters. The maximum atomic E-state index is 12.8. The van der Waals surface area contributed by atoms with Gasteiger partial charge in [0.2, 0.25) is 0 Å². The lowest BCUT2D eigenvalue weighted by Gasteiger charge is -2.13. The van der Waals surface area contributed by atoms with Crippen LogP contribution in [-0.2, 0) is 24.3 Å². The summed E-state index contributed by atoms with van der Waals surface area (Å²) in [6.07, 6.45) is 0. The van der Waals surface area contributed by atoms with Gasteiger partial charge in [0.15, 0.2) is 6.61 Å². The van der Waals surface area contributed by atoms with Gasteiger partial charge in [-0.15, -0.1) is 0 Å². The molecule has 3 aromatic rings. The normalized spacial score (nSPS) is 10.7. The number of esters is 2. The second-order valence-electron chi connectivity index (χ2n) is 6.99. The lowest BCUT2D eigenvalue weighted by Crippen LogP contribution is -2.23. The maximum absolute atomic E-state index is 12.8. The number of para-hydroxylation sites is 2. The highest BCUT2D eigenvalue weighted by Gasteiger charge is 2.21. The first-order valence-electron chi connectivity index (χ1n) is 10.2. The number of rotatable bonds is 9. The number of hydrogen-bond donors (Lipinski definition) is 2. The molecule has 0 aromatic heterocycles. The molecule has 0 aliphatic carbocycles. The molecule has 3 aromatic carbocycles. The van der Waals surface area contributed by atoms with Gasteiger partial charge in [0.25, 0.3) is 15.9 Å². The van der Waals surface area contributed by atoms with Gasteiger partial charge in [-0.3, -0.25) is 9.52 Å². The Labute approximate surface area is 201 Å². The van der Waals surface area contributed by atoms with Gasteiger partial charge in [0.1, 0.15) is 5.75 Å². The first-order chi connectivity index (χ1) is 16.7. The first kappa shape index (κ1) is 25.2. The molecule has 1 amide bonds. The van der Waals surface area contributed by atoms with E-state index in [4.69, 9.17) is 9.47 Å². The van der Waals surface area contributed by atoms with Crippen LogP contribution in [-0.4, -0.2) is 47.1 Å². The molecule has 0 heterocycles. The Balaban J connectivity index is 1.69. The van der Waals surface area contributed by atoms with Crippen LogP contribution in [0.15, 0.2) is 77.7 Å². The number of nitrogens with one attached hydrogen (secondary N) is 2. The minimum atomic E-state index is -4.02. The zero-order valence-corrected chi connectivity index (χ0v) is 19.6. The fourth-order valence-corrected chi connectivity index (χ4v) is 4.06. The molecule has 0 aliphatic heterocycles. The summed E-state index contributed by atoms with van der Waals surface area (Å²) in [5.41, 5.74) is 0.207. The van der Waals surface area contributed by atoms with E-state index in [9.17, 15) is 22.8 Å². The third kappa shape index (κ3) is 6.36. The first-order valence-corrected chi connectivity index (χ1v) is 11.6. The van der Waals surface area contributed by atoms with Gasteiger partial charge in [0.05, 0.1) is 41.6 Å². The van der Waals surface area contributed by atoms with Gasteiger partial charge in [-0.25, -0.2) is 18.0 Å². The van der Waals surface area contributed by atoms with Crippen molar-refractivity contribution in [3.05, 3.63) is 83.9 Å². The van der Waals surface area contributed by atoms with Crippen molar-refractivity contribution in [2.45, 2.75) is 4.90 Å². The van der Waals surface area contributed by atoms with Gasteiger partial charge in [-0.1, -0.05) is 24.3 Å². The van der Waals surface area contributed by atoms with E-state index in [0.29, 0.717) is 5.75 Å². The number of amides is 1. The van der Waals surface area contributed by atoms with Crippen LogP contribution in [0.4, 0.5) is 11.4 Å². The van der Waals surface area contributed by atoms with E-state index in [1.807, 2.05) is 0 Å². The summed E-state index contributed by atoms with van der Waals surface area (Å²) in [5.74, 6) is -1.78. The summed E-state index contributed by atoms with van der Waals surface area (Å²) < 4.78 is 42.6. The van der Waals surface area contributed by atoms with Crippen molar-refractivity contribution in [1.29, 1.82) is 0 Å². The summed E-state index contributed by atoms with van der Waals surface area (Å²) in [6.45, 7) is -0.673. The van der Waals surface area contributed by atoms with Gasteiger partial charge in [0, 0.05) is 0 Å². The highest BCUT2D eigenvalue weighted by Crippen LogP contribution is 2.23. The predicted molar refractivity (Wildman–Crippen MR) is 127 cm³/mol. The van der Waals surface area contributed by atoms with E-state index in [2.05, 4.69) is 14.8 Å². The van der Waals surface area contributed by atoms with Crippen molar-refractivity contribution in [3.8, 4) is 5.75 Å². The minimum absolute atomic E-state index is 0.0234. The number of carbonyl (C=O) groups excluding carboxylic acids is 3. The molecule has 0 radical (unpaired) electrons. The van der Waals surface area contributed by atoms with Crippen LogP contribution in [0, 0.1) is 0 Å². The third-order valence-corrected chi connectivity index (χ3v) is 6.08. The smallest absolute Gasteiger partial charge is 0.340 e. The Bertz CT molecular complexity index is 1340. The molecule has 3 rings (SSSR count). The second-order valence-corrected chi connectivity index (χ2v) is 8.67. The van der Waals surface area contributed by atoms with Crippen molar-refractivity contribution in [2.24, 2.45) is 0 Å². The summed E-state index contributed by atoms with van der Waals surface area (Å²) in [6, 6.07) is 17.7. The Morgan fingerprint density at radius 3 is 1.94 bits per heavy atom. The van der Waals surface area contributed by atoms with Crippen molar-refractivity contribution in [2.75, 3.05) is 30.9 Å². The highest BCUT2D eigenvalue weighted by molar-refractivity contribution is 7.92. The lowest BCUT2D eigenvalue weighted by atomic mass is 10.2. The Morgan fingerprint density at radius 1 is 0.771 bits per heavy atom. The van der Waals surface area contributed by atoms with Crippen LogP contribution in [0.2, 0.25) is 0 Å². The maximum Gasteiger partial charge on any atom is 0.340 e. The number of carbonyl (C=O) groups is 3. The van der Waals surface area contributed by atoms with E-state index >= 15 is 0 Å². The molecule has 2 N–H and O–H groups in total. The van der Waals surface area contributed by atoms with Crippen molar-refractivity contribution in [1.82, 2.24) is 0 Å². The van der Waals surface area contributed by atoms with Crippen LogP contribution in [0.1, 0.15) is 20.7 Å². The van der Waals surface area contributed by atoms with Gasteiger partial charge >= 0.3 is 11.9 Å². The molecule has 35 heavy (non-hydrogen) atoms. The molecule has 0 saturated carbocycles. The number of hydrogen-bond acceptors (Lipinski definition) is 8. The van der Waals surface area contributed by atoms with Crippen molar-refractivity contribution >= 4 is 39.2 Å². The van der Waals surface area contributed by atoms with Crippen LogP contribution >= 0.6 is 0 Å². The van der Waals surface area contributed by atoms with E-state index in [-0.39, 0.29) is 27.4 Å². The Morgan fingerprint density at radius 2 is 1.34 bits per heavy atom. The monoisotopic (exact) mass is 498 g/mol. The van der Waals surface area contributed by atoms with Crippen LogP contribution in [0.5, 0.6) is 5.75 Å². The quantitative estimate of drug-likeness (QED) is 0.430. The predicted octanol–water partition coefficient (Wildman–Crippen LogP) is 3.08. The number of anilines is 2. The molecule has 182 valence electrons. The molecule has 0 aliphatic rings. The van der Waals surface area contributed by atoms with Gasteiger partial charge in [-0.05, 0) is 48.5 Å². The molecule has 10 nitrogen and oxygen atoms in total. The second kappa shape index (κ2) is 11.2. The van der Waals surface area contributed by atoms with E-state index < -0.39 is 34.5 Å². The molecular weight excluding hydrogens is 476 g/mol. The average Bonchev–Trinajstić information content (AvgIpc) is 2.87. The number of ether oxygens (including phenoxy) is 3. The topological polar surface area (TPSA) is 137 Å². The van der Waals surface area contributed by atoms with Crippen LogP contribution in [0.3, 0.4) is 0 Å². The highest BCUT2D eigenvalue weighted by atomic mass is 32.2. The van der Waals surface area contributed by atoms with Gasteiger partial charge in [-0.2, -0.15) is 0 Å². The van der Waals surface area contributed by atoms with Crippen LogP contribution < -0.4 is 14.8 Å². The molecular formula is C24H22N2O8S. The summed E-state index contributed by atoms with van der Waals surface area (Å²) in [7, 11) is -1.35. The molecule has 0 fully saturated rings. The summed E-state index contributed by atoms with van der Waals surface area (Å²) >= 11 is 0.